The molecule has 0 saturated carbocycles. The van der Waals surface area contributed by atoms with Gasteiger partial charge in [0.25, 0.3) is 11.8 Å². The molecule has 0 aliphatic carbocycles. The van der Waals surface area contributed by atoms with Crippen LogP contribution < -0.4 is 20.1 Å². The standard InChI is InChI=1S/C32H30N6O6S2/c1-37(2)25-13-9-22(10-14-25)19-34-36-32-38(20-26-7-5-17-43-26)31(40)29(45-32)18-23-6-3-4-8-28(23)44-21-30(39)35-24-11-15-27(16-12-24)46(33,41)42/h3-19H,20-21H2,1-2H3,(H,35,39)(H2,33,41,42)/b29-18-,34-19+,36-32-. The third kappa shape index (κ3) is 8.29. The zero-order chi connectivity index (χ0) is 32.7. The van der Waals surface area contributed by atoms with E-state index in [0.29, 0.717) is 32.8 Å². The summed E-state index contributed by atoms with van der Waals surface area (Å²) in [4.78, 5) is 29.9. The number of nitrogens with two attached hydrogens (primary N) is 1. The molecule has 0 atom stereocenters. The van der Waals surface area contributed by atoms with E-state index in [9.17, 15) is 18.0 Å². The summed E-state index contributed by atoms with van der Waals surface area (Å²) in [6.07, 6.45) is 4.83. The quantitative estimate of drug-likeness (QED) is 0.135. The van der Waals surface area contributed by atoms with Crippen LogP contribution in [0.25, 0.3) is 6.08 Å². The Morgan fingerprint density at radius 3 is 2.46 bits per heavy atom. The maximum Gasteiger partial charge on any atom is 0.267 e. The van der Waals surface area contributed by atoms with E-state index < -0.39 is 15.9 Å². The molecular weight excluding hydrogens is 629 g/mol. The van der Waals surface area contributed by atoms with Gasteiger partial charge in [-0.2, -0.15) is 5.10 Å². The Balaban J connectivity index is 1.31. The number of primary sulfonamides is 1. The van der Waals surface area contributed by atoms with Crippen LogP contribution in [0.3, 0.4) is 0 Å². The molecule has 1 aliphatic heterocycles. The summed E-state index contributed by atoms with van der Waals surface area (Å²) in [5.74, 6) is 0.206. The van der Waals surface area contributed by atoms with Crippen molar-refractivity contribution < 1.29 is 27.2 Å². The van der Waals surface area contributed by atoms with Crippen molar-refractivity contribution in [3.05, 3.63) is 113 Å². The molecule has 14 heteroatoms. The van der Waals surface area contributed by atoms with E-state index in [1.807, 2.05) is 43.3 Å². The molecule has 12 nitrogen and oxygen atoms in total. The fourth-order valence-corrected chi connectivity index (χ4v) is 5.67. The van der Waals surface area contributed by atoms with Crippen LogP contribution in [-0.4, -0.2) is 57.2 Å². The number of amidine groups is 1. The van der Waals surface area contributed by atoms with E-state index in [1.54, 1.807) is 48.7 Å². The number of carbonyl (C=O) groups excluding carboxylic acids is 2. The fourth-order valence-electron chi connectivity index (χ4n) is 4.22. The van der Waals surface area contributed by atoms with Crippen LogP contribution >= 0.6 is 11.8 Å². The van der Waals surface area contributed by atoms with Crippen LogP contribution in [-0.2, 0) is 26.2 Å². The lowest BCUT2D eigenvalue weighted by atomic mass is 10.2. The van der Waals surface area contributed by atoms with Gasteiger partial charge in [-0.25, -0.2) is 13.6 Å². The molecule has 46 heavy (non-hydrogen) atoms. The Morgan fingerprint density at radius 1 is 1.04 bits per heavy atom. The Bertz CT molecular complexity index is 1900. The maximum atomic E-state index is 13.6. The Hall–Kier alpha value is -5.18. The Kier molecular flexibility index (Phi) is 10.0. The molecule has 0 unspecified atom stereocenters. The van der Waals surface area contributed by atoms with Crippen molar-refractivity contribution in [2.75, 3.05) is 30.9 Å². The van der Waals surface area contributed by atoms with Gasteiger partial charge in [-0.05, 0) is 78.0 Å². The number of ether oxygens (including phenoxy) is 1. The first kappa shape index (κ1) is 32.2. The van der Waals surface area contributed by atoms with E-state index in [4.69, 9.17) is 14.3 Å². The molecule has 2 amide bonds. The number of anilines is 2. The van der Waals surface area contributed by atoms with E-state index >= 15 is 0 Å². The van der Waals surface area contributed by atoms with Gasteiger partial charge < -0.3 is 19.4 Å². The first-order valence-corrected chi connectivity index (χ1v) is 16.2. The first-order valence-electron chi connectivity index (χ1n) is 13.8. The van der Waals surface area contributed by atoms with Crippen molar-refractivity contribution in [3.8, 4) is 5.75 Å². The SMILES string of the molecule is CN(C)c1ccc(/C=N/N=C2\S/C(=C\c3ccccc3OCC(=O)Nc3ccc(S(N)(=O)=O)cc3)C(=O)N2Cc2ccco2)cc1. The molecule has 0 spiro atoms. The number of nitrogens with zero attached hydrogens (tertiary/aromatic N) is 4. The summed E-state index contributed by atoms with van der Waals surface area (Å²) in [5, 5.41) is 16.7. The highest BCUT2D eigenvalue weighted by atomic mass is 32.2. The zero-order valence-corrected chi connectivity index (χ0v) is 26.5. The Labute approximate surface area is 270 Å². The lowest BCUT2D eigenvalue weighted by Gasteiger charge is -2.13. The zero-order valence-electron chi connectivity index (χ0n) is 24.9. The number of furan rings is 1. The number of para-hydroxylation sites is 1. The molecule has 3 aromatic carbocycles. The van der Waals surface area contributed by atoms with Crippen molar-refractivity contribution in [2.45, 2.75) is 11.4 Å². The van der Waals surface area contributed by atoms with Crippen LogP contribution in [0.2, 0.25) is 0 Å². The number of sulfonamides is 1. The second-order valence-corrected chi connectivity index (χ2v) is 12.7. The molecule has 0 bridgehead atoms. The normalized spacial score (nSPS) is 15.2. The van der Waals surface area contributed by atoms with Gasteiger partial charge in [-0.15, -0.1) is 5.10 Å². The van der Waals surface area contributed by atoms with Gasteiger partial charge in [0, 0.05) is 31.0 Å². The molecule has 4 aromatic rings. The number of carbonyl (C=O) groups is 2. The van der Waals surface area contributed by atoms with Crippen molar-refractivity contribution >= 4 is 62.4 Å². The van der Waals surface area contributed by atoms with Gasteiger partial charge in [-0.3, -0.25) is 14.5 Å². The van der Waals surface area contributed by atoms with Crippen LogP contribution in [0.15, 0.2) is 116 Å². The number of amides is 2. The summed E-state index contributed by atoms with van der Waals surface area (Å²) < 4.78 is 34.2. The number of thioether (sulfide) groups is 1. The molecule has 2 heterocycles. The van der Waals surface area contributed by atoms with E-state index in [-0.39, 0.29) is 24.0 Å². The fraction of sp³-hybridized carbons (Fsp3) is 0.125. The largest absolute Gasteiger partial charge is 0.483 e. The minimum atomic E-state index is -3.85. The first-order chi connectivity index (χ1) is 22.1. The van der Waals surface area contributed by atoms with Gasteiger partial charge in [0.2, 0.25) is 10.0 Å². The molecule has 1 aliphatic rings. The van der Waals surface area contributed by atoms with Gasteiger partial charge in [0.05, 0.1) is 28.8 Å². The molecule has 1 saturated heterocycles. The average Bonchev–Trinajstić information content (AvgIpc) is 3.65. The molecule has 1 fully saturated rings. The Morgan fingerprint density at radius 2 is 1.78 bits per heavy atom. The summed E-state index contributed by atoms with van der Waals surface area (Å²) in [7, 11) is 0.0845. The second kappa shape index (κ2) is 14.3. The topological polar surface area (TPSA) is 160 Å². The van der Waals surface area contributed by atoms with Gasteiger partial charge in [0.1, 0.15) is 11.5 Å². The third-order valence-corrected chi connectivity index (χ3v) is 8.50. The lowest BCUT2D eigenvalue weighted by molar-refractivity contribution is -0.122. The highest BCUT2D eigenvalue weighted by Gasteiger charge is 2.34. The number of hydrogen-bond acceptors (Lipinski definition) is 10. The van der Waals surface area contributed by atoms with E-state index in [1.165, 1.54) is 35.4 Å². The summed E-state index contributed by atoms with van der Waals surface area (Å²) in [6.45, 7) is -0.168. The monoisotopic (exact) mass is 658 g/mol. The molecular formula is C32H30N6O6S2. The van der Waals surface area contributed by atoms with Crippen molar-refractivity contribution in [2.24, 2.45) is 15.3 Å². The summed E-state index contributed by atoms with van der Waals surface area (Å²) >= 11 is 1.16. The number of rotatable bonds is 11. The number of nitrogens with one attached hydrogen (secondary N) is 1. The summed E-state index contributed by atoms with van der Waals surface area (Å²) in [6, 6.07) is 23.8. The van der Waals surface area contributed by atoms with E-state index in [0.717, 1.165) is 23.0 Å². The molecule has 236 valence electrons. The van der Waals surface area contributed by atoms with Crippen molar-refractivity contribution in [1.29, 1.82) is 0 Å². The van der Waals surface area contributed by atoms with Crippen LogP contribution in [0, 0.1) is 0 Å². The minimum absolute atomic E-state index is 0.0688. The number of benzene rings is 3. The molecule has 1 aromatic heterocycles. The highest BCUT2D eigenvalue weighted by Crippen LogP contribution is 2.35. The second-order valence-electron chi connectivity index (χ2n) is 10.1. The van der Waals surface area contributed by atoms with Crippen LogP contribution in [0.1, 0.15) is 16.9 Å². The third-order valence-electron chi connectivity index (χ3n) is 6.57. The molecule has 5 rings (SSSR count). The lowest BCUT2D eigenvalue weighted by Crippen LogP contribution is -2.28. The van der Waals surface area contributed by atoms with Crippen LogP contribution in [0.5, 0.6) is 5.75 Å². The van der Waals surface area contributed by atoms with Crippen molar-refractivity contribution in [1.82, 2.24) is 4.90 Å². The minimum Gasteiger partial charge on any atom is -0.483 e. The van der Waals surface area contributed by atoms with Gasteiger partial charge in [-0.1, -0.05) is 30.3 Å². The van der Waals surface area contributed by atoms with Gasteiger partial charge in [0.15, 0.2) is 11.8 Å². The van der Waals surface area contributed by atoms with Gasteiger partial charge >= 0.3 is 0 Å². The molecule has 0 radical (unpaired) electrons. The predicted octanol–water partition coefficient (Wildman–Crippen LogP) is 4.52. The average molecular weight is 659 g/mol. The maximum absolute atomic E-state index is 13.6. The summed E-state index contributed by atoms with van der Waals surface area (Å²) in [5.41, 5.74) is 2.86. The number of hydrogen-bond donors (Lipinski definition) is 2. The van der Waals surface area contributed by atoms with Crippen LogP contribution in [0.4, 0.5) is 11.4 Å². The van der Waals surface area contributed by atoms with E-state index in [2.05, 4.69) is 15.5 Å². The molecule has 3 N–H and O–H groups in total. The predicted molar refractivity (Wildman–Crippen MR) is 179 cm³/mol. The smallest absolute Gasteiger partial charge is 0.267 e. The highest BCUT2D eigenvalue weighted by molar-refractivity contribution is 8.18. The van der Waals surface area contributed by atoms with Crippen molar-refractivity contribution in [3.63, 3.8) is 0 Å².